The van der Waals surface area contributed by atoms with E-state index in [0.717, 1.165) is 18.0 Å². The molecule has 0 radical (unpaired) electrons. The molecule has 1 unspecified atom stereocenters. The Morgan fingerprint density at radius 2 is 2.05 bits per heavy atom. The molecule has 1 aliphatic rings. The van der Waals surface area contributed by atoms with Crippen molar-refractivity contribution in [2.45, 2.75) is 32.9 Å². The molecule has 110 valence electrons. The molecule has 1 amide bonds. The third-order valence-electron chi connectivity index (χ3n) is 3.78. The molecule has 1 aromatic rings. The van der Waals surface area contributed by atoms with E-state index >= 15 is 0 Å². The number of rotatable bonds is 5. The van der Waals surface area contributed by atoms with Gasteiger partial charge in [-0.3, -0.25) is 9.69 Å². The Balaban J connectivity index is 1.83. The maximum absolute atomic E-state index is 11.1. The van der Waals surface area contributed by atoms with Crippen molar-refractivity contribution in [3.8, 4) is 0 Å². The van der Waals surface area contributed by atoms with Crippen molar-refractivity contribution in [1.82, 2.24) is 10.2 Å². The van der Waals surface area contributed by atoms with Gasteiger partial charge in [-0.05, 0) is 36.4 Å². The summed E-state index contributed by atoms with van der Waals surface area (Å²) in [4.78, 5) is 13.6. The van der Waals surface area contributed by atoms with E-state index in [0.29, 0.717) is 6.54 Å². The topological polar surface area (TPSA) is 32.3 Å². The highest BCUT2D eigenvalue weighted by Crippen LogP contribution is 2.18. The number of likely N-dealkylation sites (tertiary alicyclic amines) is 1. The molecule has 1 saturated heterocycles. The number of carbonyl (C=O) groups excluding carboxylic acids is 1. The predicted octanol–water partition coefficient (Wildman–Crippen LogP) is 2.77. The van der Waals surface area contributed by atoms with Gasteiger partial charge in [-0.2, -0.15) is 0 Å². The summed E-state index contributed by atoms with van der Waals surface area (Å²) in [5, 5.41) is 2.77. The molecule has 1 atom stereocenters. The van der Waals surface area contributed by atoms with Crippen molar-refractivity contribution >= 4 is 17.5 Å². The van der Waals surface area contributed by atoms with Crippen LogP contribution in [0.5, 0.6) is 0 Å². The van der Waals surface area contributed by atoms with E-state index in [4.69, 9.17) is 11.6 Å². The highest BCUT2D eigenvalue weighted by atomic mass is 35.5. The molecule has 1 fully saturated rings. The lowest BCUT2D eigenvalue weighted by molar-refractivity contribution is -0.118. The van der Waals surface area contributed by atoms with Gasteiger partial charge in [0, 0.05) is 19.6 Å². The maximum atomic E-state index is 11.1. The van der Waals surface area contributed by atoms with Gasteiger partial charge in [-0.15, -0.1) is 11.6 Å². The summed E-state index contributed by atoms with van der Waals surface area (Å²) in [6, 6.07) is 8.47. The maximum Gasteiger partial charge on any atom is 0.235 e. The highest BCUT2D eigenvalue weighted by molar-refractivity contribution is 6.27. The molecule has 3 nitrogen and oxygen atoms in total. The van der Waals surface area contributed by atoms with Crippen LogP contribution in [0, 0.1) is 5.92 Å². The van der Waals surface area contributed by atoms with Crippen LogP contribution in [0.4, 0.5) is 0 Å². The molecule has 1 aromatic carbocycles. The molecule has 0 saturated carbocycles. The van der Waals surface area contributed by atoms with Crippen LogP contribution < -0.4 is 5.32 Å². The summed E-state index contributed by atoms with van der Waals surface area (Å²) in [6.07, 6.45) is 2.67. The predicted molar refractivity (Wildman–Crippen MR) is 82.7 cm³/mol. The molecule has 0 spiro atoms. The van der Waals surface area contributed by atoms with Crippen molar-refractivity contribution in [1.29, 1.82) is 0 Å². The van der Waals surface area contributed by atoms with E-state index in [2.05, 4.69) is 41.4 Å². The second kappa shape index (κ2) is 7.65. The summed E-state index contributed by atoms with van der Waals surface area (Å²) < 4.78 is 0. The van der Waals surface area contributed by atoms with Crippen LogP contribution in [0.25, 0.3) is 0 Å². The second-order valence-electron chi connectivity index (χ2n) is 5.71. The lowest BCUT2D eigenvalue weighted by atomic mass is 9.99. The number of alkyl halides is 1. The van der Waals surface area contributed by atoms with Gasteiger partial charge in [0.15, 0.2) is 0 Å². The van der Waals surface area contributed by atoms with Crippen molar-refractivity contribution in [3.63, 3.8) is 0 Å². The van der Waals surface area contributed by atoms with Gasteiger partial charge in [-0.1, -0.05) is 31.2 Å². The smallest absolute Gasteiger partial charge is 0.235 e. The normalized spacial score (nSPS) is 19.8. The lowest BCUT2D eigenvalue weighted by Gasteiger charge is -2.30. The molecule has 0 aliphatic carbocycles. The average Bonchev–Trinajstić information content (AvgIpc) is 2.46. The van der Waals surface area contributed by atoms with Gasteiger partial charge < -0.3 is 5.32 Å². The third kappa shape index (κ3) is 4.80. The van der Waals surface area contributed by atoms with Crippen molar-refractivity contribution in [2.24, 2.45) is 5.92 Å². The number of halogens is 1. The van der Waals surface area contributed by atoms with E-state index in [9.17, 15) is 4.79 Å². The number of hydrogen-bond donors (Lipinski definition) is 1. The van der Waals surface area contributed by atoms with Gasteiger partial charge in [0.05, 0.1) is 0 Å². The van der Waals surface area contributed by atoms with Gasteiger partial charge in [0.25, 0.3) is 0 Å². The number of carbonyl (C=O) groups is 1. The minimum atomic E-state index is -0.127. The van der Waals surface area contributed by atoms with Crippen LogP contribution in [-0.2, 0) is 17.9 Å². The Labute approximate surface area is 126 Å². The minimum absolute atomic E-state index is 0.0191. The molecule has 0 bridgehead atoms. The number of nitrogens with zero attached hydrogens (tertiary/aromatic N) is 1. The SMILES string of the molecule is CC1CCCN(Cc2ccc(CNC(=O)CCl)cc2)C1. The summed E-state index contributed by atoms with van der Waals surface area (Å²) in [6.45, 7) is 6.31. The Morgan fingerprint density at radius 1 is 1.35 bits per heavy atom. The van der Waals surface area contributed by atoms with Gasteiger partial charge >= 0.3 is 0 Å². The van der Waals surface area contributed by atoms with Crippen molar-refractivity contribution in [3.05, 3.63) is 35.4 Å². The Kier molecular flexibility index (Phi) is 5.86. The fourth-order valence-corrected chi connectivity index (χ4v) is 2.79. The standard InChI is InChI=1S/C16H23ClN2O/c1-13-3-2-8-19(11-13)12-15-6-4-14(5-7-15)10-18-16(20)9-17/h4-7,13H,2-3,8-12H2,1H3,(H,18,20). The van der Waals surface area contributed by atoms with Crippen LogP contribution >= 0.6 is 11.6 Å². The highest BCUT2D eigenvalue weighted by Gasteiger charge is 2.15. The first kappa shape index (κ1) is 15.3. The molecule has 1 aliphatic heterocycles. The first-order valence-corrected chi connectivity index (χ1v) is 7.83. The molecule has 20 heavy (non-hydrogen) atoms. The Morgan fingerprint density at radius 3 is 2.70 bits per heavy atom. The van der Waals surface area contributed by atoms with Gasteiger partial charge in [0.2, 0.25) is 5.91 Å². The van der Waals surface area contributed by atoms with E-state index in [1.165, 1.54) is 31.5 Å². The fourth-order valence-electron chi connectivity index (χ4n) is 2.70. The van der Waals surface area contributed by atoms with Crippen LogP contribution in [0.3, 0.4) is 0 Å². The Bertz CT molecular complexity index is 433. The molecule has 1 heterocycles. The molecular weight excluding hydrogens is 272 g/mol. The van der Waals surface area contributed by atoms with Crippen LogP contribution in [0.2, 0.25) is 0 Å². The molecule has 1 N–H and O–H groups in total. The van der Waals surface area contributed by atoms with E-state index in [1.54, 1.807) is 0 Å². The van der Waals surface area contributed by atoms with Crippen molar-refractivity contribution in [2.75, 3.05) is 19.0 Å². The van der Waals surface area contributed by atoms with Gasteiger partial charge in [-0.25, -0.2) is 0 Å². The first-order valence-electron chi connectivity index (χ1n) is 7.30. The van der Waals surface area contributed by atoms with E-state index in [-0.39, 0.29) is 11.8 Å². The summed E-state index contributed by atoms with van der Waals surface area (Å²) >= 11 is 5.45. The average molecular weight is 295 g/mol. The number of nitrogens with one attached hydrogen (secondary N) is 1. The van der Waals surface area contributed by atoms with E-state index in [1.807, 2.05) is 0 Å². The van der Waals surface area contributed by atoms with E-state index < -0.39 is 0 Å². The minimum Gasteiger partial charge on any atom is -0.351 e. The molecule has 0 aromatic heterocycles. The summed E-state index contributed by atoms with van der Waals surface area (Å²) in [7, 11) is 0. The number of piperidine rings is 1. The Hall–Kier alpha value is -1.06. The zero-order valence-electron chi connectivity index (χ0n) is 12.1. The zero-order chi connectivity index (χ0) is 14.4. The van der Waals surface area contributed by atoms with Crippen LogP contribution in [0.15, 0.2) is 24.3 Å². The second-order valence-corrected chi connectivity index (χ2v) is 5.98. The quantitative estimate of drug-likeness (QED) is 0.847. The van der Waals surface area contributed by atoms with Crippen LogP contribution in [-0.4, -0.2) is 29.8 Å². The monoisotopic (exact) mass is 294 g/mol. The largest absolute Gasteiger partial charge is 0.351 e. The lowest BCUT2D eigenvalue weighted by Crippen LogP contribution is -2.33. The zero-order valence-corrected chi connectivity index (χ0v) is 12.8. The van der Waals surface area contributed by atoms with Gasteiger partial charge in [0.1, 0.15) is 5.88 Å². The van der Waals surface area contributed by atoms with Crippen LogP contribution in [0.1, 0.15) is 30.9 Å². The summed E-state index contributed by atoms with van der Waals surface area (Å²) in [5.41, 5.74) is 2.45. The van der Waals surface area contributed by atoms with Crippen molar-refractivity contribution < 1.29 is 4.79 Å². The number of amides is 1. The number of hydrogen-bond acceptors (Lipinski definition) is 2. The number of benzene rings is 1. The third-order valence-corrected chi connectivity index (χ3v) is 4.02. The molecule has 2 rings (SSSR count). The first-order chi connectivity index (χ1) is 9.67. The fraction of sp³-hybridized carbons (Fsp3) is 0.562. The summed E-state index contributed by atoms with van der Waals surface area (Å²) in [5.74, 6) is 0.706. The molecule has 4 heteroatoms. The molecular formula is C16H23ClN2O.